The van der Waals surface area contributed by atoms with Gasteiger partial charge in [-0.3, -0.25) is 0 Å². The van der Waals surface area contributed by atoms with Crippen molar-refractivity contribution < 1.29 is 13.2 Å². The standard InChI is InChI=1S/C16H14BrF3N2/c1-22(21)15-8-4-7-14(17)12(15)10-9-11-5-2-3-6-13(11)16(18,19)20/h2-10H,21H2,1H3/b10-9+. The summed E-state index contributed by atoms with van der Waals surface area (Å²) >= 11 is 3.39. The van der Waals surface area contributed by atoms with Crippen molar-refractivity contribution in [2.75, 3.05) is 12.1 Å². The Balaban J connectivity index is 2.47. The van der Waals surface area contributed by atoms with Gasteiger partial charge >= 0.3 is 6.18 Å². The topological polar surface area (TPSA) is 29.3 Å². The summed E-state index contributed by atoms with van der Waals surface area (Å²) < 4.78 is 39.7. The molecule has 2 aromatic carbocycles. The zero-order valence-electron chi connectivity index (χ0n) is 11.7. The minimum atomic E-state index is -4.39. The Morgan fingerprint density at radius 1 is 1.05 bits per heavy atom. The van der Waals surface area contributed by atoms with Gasteiger partial charge in [-0.05, 0) is 23.8 Å². The van der Waals surface area contributed by atoms with Crippen LogP contribution in [0.15, 0.2) is 46.9 Å². The first-order valence-corrected chi connectivity index (χ1v) is 7.21. The minimum Gasteiger partial charge on any atom is -0.313 e. The maximum absolute atomic E-state index is 13.0. The predicted octanol–water partition coefficient (Wildman–Crippen LogP) is 4.95. The van der Waals surface area contributed by atoms with Crippen LogP contribution >= 0.6 is 15.9 Å². The van der Waals surface area contributed by atoms with E-state index < -0.39 is 11.7 Å². The molecular formula is C16H14BrF3N2. The Morgan fingerprint density at radius 2 is 1.73 bits per heavy atom. The summed E-state index contributed by atoms with van der Waals surface area (Å²) in [6.45, 7) is 0. The van der Waals surface area contributed by atoms with E-state index in [1.807, 2.05) is 12.1 Å². The van der Waals surface area contributed by atoms with Crippen LogP contribution in [0.1, 0.15) is 16.7 Å². The van der Waals surface area contributed by atoms with Gasteiger partial charge in [-0.2, -0.15) is 13.2 Å². The first-order valence-electron chi connectivity index (χ1n) is 6.42. The normalized spacial score (nSPS) is 11.9. The Labute approximate surface area is 135 Å². The molecule has 22 heavy (non-hydrogen) atoms. The van der Waals surface area contributed by atoms with E-state index in [4.69, 9.17) is 5.84 Å². The van der Waals surface area contributed by atoms with Crippen LogP contribution in [0.25, 0.3) is 12.2 Å². The molecule has 0 saturated carbocycles. The van der Waals surface area contributed by atoms with Crippen molar-refractivity contribution in [2.45, 2.75) is 6.18 Å². The van der Waals surface area contributed by atoms with E-state index in [-0.39, 0.29) is 5.56 Å². The molecule has 116 valence electrons. The number of halogens is 4. The van der Waals surface area contributed by atoms with Crippen molar-refractivity contribution in [3.63, 3.8) is 0 Å². The number of hydrazine groups is 1. The molecule has 2 nitrogen and oxygen atoms in total. The van der Waals surface area contributed by atoms with Crippen molar-refractivity contribution >= 4 is 33.8 Å². The Kier molecular flexibility index (Phi) is 4.93. The highest BCUT2D eigenvalue weighted by molar-refractivity contribution is 9.10. The van der Waals surface area contributed by atoms with Crippen LogP contribution in [-0.2, 0) is 6.18 Å². The highest BCUT2D eigenvalue weighted by Crippen LogP contribution is 2.34. The fourth-order valence-corrected chi connectivity index (χ4v) is 2.56. The quantitative estimate of drug-likeness (QED) is 0.470. The molecule has 0 unspecified atom stereocenters. The number of nitrogens with two attached hydrogens (primary N) is 1. The van der Waals surface area contributed by atoms with Crippen LogP contribution < -0.4 is 10.9 Å². The van der Waals surface area contributed by atoms with Gasteiger partial charge in [0.25, 0.3) is 0 Å². The number of hydrogen-bond acceptors (Lipinski definition) is 2. The van der Waals surface area contributed by atoms with E-state index >= 15 is 0 Å². The SMILES string of the molecule is CN(N)c1cccc(Br)c1/C=C/c1ccccc1C(F)(F)F. The van der Waals surface area contributed by atoms with Crippen molar-refractivity contribution in [3.05, 3.63) is 63.6 Å². The second-order valence-corrected chi connectivity index (χ2v) is 5.56. The second kappa shape index (κ2) is 6.54. The van der Waals surface area contributed by atoms with Gasteiger partial charge in [-0.25, -0.2) is 5.84 Å². The fourth-order valence-electron chi connectivity index (χ4n) is 2.07. The first kappa shape index (κ1) is 16.6. The van der Waals surface area contributed by atoms with Gasteiger partial charge in [0.05, 0.1) is 11.3 Å². The van der Waals surface area contributed by atoms with Gasteiger partial charge in [0.1, 0.15) is 0 Å². The molecule has 0 atom stereocenters. The summed E-state index contributed by atoms with van der Waals surface area (Å²) in [4.78, 5) is 0. The number of rotatable bonds is 3. The lowest BCUT2D eigenvalue weighted by atomic mass is 10.0. The first-order chi connectivity index (χ1) is 10.3. The molecule has 0 aliphatic carbocycles. The van der Waals surface area contributed by atoms with E-state index in [1.54, 1.807) is 25.3 Å². The summed E-state index contributed by atoms with van der Waals surface area (Å²) in [6.07, 6.45) is -1.33. The van der Waals surface area contributed by atoms with E-state index in [0.29, 0.717) is 11.3 Å². The number of alkyl halides is 3. The predicted molar refractivity (Wildman–Crippen MR) is 87.1 cm³/mol. The highest BCUT2D eigenvalue weighted by atomic mass is 79.9. The van der Waals surface area contributed by atoms with Gasteiger partial charge in [-0.15, -0.1) is 0 Å². The monoisotopic (exact) mass is 370 g/mol. The van der Waals surface area contributed by atoms with Crippen molar-refractivity contribution in [3.8, 4) is 0 Å². The molecule has 2 rings (SSSR count). The summed E-state index contributed by atoms with van der Waals surface area (Å²) in [5, 5.41) is 1.42. The van der Waals surface area contributed by atoms with Gasteiger partial charge in [0.15, 0.2) is 0 Å². The van der Waals surface area contributed by atoms with Gasteiger partial charge in [-0.1, -0.05) is 52.3 Å². The molecule has 2 aromatic rings. The molecule has 0 heterocycles. The Morgan fingerprint density at radius 3 is 2.36 bits per heavy atom. The van der Waals surface area contributed by atoms with Crippen molar-refractivity contribution in [2.24, 2.45) is 5.84 Å². The van der Waals surface area contributed by atoms with Crippen LogP contribution in [0.5, 0.6) is 0 Å². The molecule has 0 amide bonds. The Bertz CT molecular complexity index is 694. The van der Waals surface area contributed by atoms with Gasteiger partial charge in [0, 0.05) is 17.1 Å². The van der Waals surface area contributed by atoms with Crippen LogP contribution in [0.2, 0.25) is 0 Å². The molecule has 2 N–H and O–H groups in total. The molecule has 0 aliphatic rings. The molecule has 0 fully saturated rings. The largest absolute Gasteiger partial charge is 0.416 e. The fraction of sp³-hybridized carbons (Fsp3) is 0.125. The molecule has 0 bridgehead atoms. The summed E-state index contributed by atoms with van der Waals surface area (Å²) in [5.41, 5.74) is 0.858. The lowest BCUT2D eigenvalue weighted by Gasteiger charge is -2.16. The van der Waals surface area contributed by atoms with Crippen LogP contribution in [0.3, 0.4) is 0 Å². The molecule has 0 radical (unpaired) electrons. The summed E-state index contributed by atoms with van der Waals surface area (Å²) in [5.74, 6) is 5.75. The lowest BCUT2D eigenvalue weighted by Crippen LogP contribution is -2.25. The van der Waals surface area contributed by atoms with E-state index in [9.17, 15) is 13.2 Å². The highest BCUT2D eigenvalue weighted by Gasteiger charge is 2.32. The smallest absolute Gasteiger partial charge is 0.313 e. The number of anilines is 1. The maximum Gasteiger partial charge on any atom is 0.416 e. The second-order valence-electron chi connectivity index (χ2n) is 4.70. The molecule has 6 heteroatoms. The average Bonchev–Trinajstić information content (AvgIpc) is 2.45. The van der Waals surface area contributed by atoms with Crippen molar-refractivity contribution in [1.29, 1.82) is 0 Å². The molecule has 0 spiro atoms. The number of nitrogens with zero attached hydrogens (tertiary/aromatic N) is 1. The summed E-state index contributed by atoms with van der Waals surface area (Å²) in [6, 6.07) is 10.9. The third kappa shape index (κ3) is 3.69. The number of benzene rings is 2. The lowest BCUT2D eigenvalue weighted by molar-refractivity contribution is -0.137. The molecule has 0 aromatic heterocycles. The van der Waals surface area contributed by atoms with Gasteiger partial charge in [0.2, 0.25) is 0 Å². The molecular weight excluding hydrogens is 357 g/mol. The van der Waals surface area contributed by atoms with E-state index in [1.165, 1.54) is 23.2 Å². The number of hydrogen-bond donors (Lipinski definition) is 1. The average molecular weight is 371 g/mol. The maximum atomic E-state index is 13.0. The third-order valence-corrected chi connectivity index (χ3v) is 3.80. The van der Waals surface area contributed by atoms with Crippen LogP contribution in [-0.4, -0.2) is 7.05 Å². The van der Waals surface area contributed by atoms with Crippen molar-refractivity contribution in [1.82, 2.24) is 0 Å². The molecule has 0 saturated heterocycles. The summed E-state index contributed by atoms with van der Waals surface area (Å²) in [7, 11) is 1.67. The van der Waals surface area contributed by atoms with E-state index in [0.717, 1.165) is 10.5 Å². The van der Waals surface area contributed by atoms with Crippen LogP contribution in [0, 0.1) is 0 Å². The molecule has 0 aliphatic heterocycles. The zero-order chi connectivity index (χ0) is 16.3. The van der Waals surface area contributed by atoms with Gasteiger partial charge < -0.3 is 5.01 Å². The van der Waals surface area contributed by atoms with Crippen LogP contribution in [0.4, 0.5) is 18.9 Å². The zero-order valence-corrected chi connectivity index (χ0v) is 13.3. The third-order valence-electron chi connectivity index (χ3n) is 3.11. The minimum absolute atomic E-state index is 0.108. The van der Waals surface area contributed by atoms with E-state index in [2.05, 4.69) is 15.9 Å². The Hall–Kier alpha value is -1.79.